The normalized spacial score (nSPS) is 15.7. The van der Waals surface area contributed by atoms with Crippen molar-refractivity contribution in [2.24, 2.45) is 0 Å². The first-order valence-corrected chi connectivity index (χ1v) is 10.6. The fourth-order valence-corrected chi connectivity index (χ4v) is 3.69. The molecule has 0 aromatic heterocycles. The van der Waals surface area contributed by atoms with Crippen molar-refractivity contribution in [3.63, 3.8) is 0 Å². The Kier molecular flexibility index (Phi) is 8.63. The third-order valence-corrected chi connectivity index (χ3v) is 5.48. The van der Waals surface area contributed by atoms with Crippen LogP contribution >= 0.6 is 0 Å². The van der Waals surface area contributed by atoms with Crippen molar-refractivity contribution in [3.8, 4) is 23.0 Å². The minimum absolute atomic E-state index is 0.0281. The molecule has 0 aliphatic carbocycles. The molecule has 1 fully saturated rings. The first-order valence-electron chi connectivity index (χ1n) is 10.6. The number of carbonyl (C=O) groups is 1. The quantitative estimate of drug-likeness (QED) is 0.593. The van der Waals surface area contributed by atoms with Crippen molar-refractivity contribution < 1.29 is 19.7 Å². The Bertz CT molecular complexity index is 912. The summed E-state index contributed by atoms with van der Waals surface area (Å²) in [7, 11) is 1.77. The van der Waals surface area contributed by atoms with Gasteiger partial charge in [-0.1, -0.05) is 42.3 Å². The Morgan fingerprint density at radius 2 is 1.97 bits per heavy atom. The Hall–Kier alpha value is -2.69. The summed E-state index contributed by atoms with van der Waals surface area (Å²) in [5, 5.41) is 20.6. The number of aliphatic hydroxyl groups excluding tert-OH is 2. The minimum atomic E-state index is -0.982. The van der Waals surface area contributed by atoms with E-state index in [0.29, 0.717) is 6.10 Å². The van der Waals surface area contributed by atoms with Crippen LogP contribution in [-0.2, 0) is 16.1 Å². The monoisotopic (exact) mass is 422 g/mol. The number of aliphatic hydroxyl groups is 2. The van der Waals surface area contributed by atoms with Crippen LogP contribution in [0.5, 0.6) is 0 Å². The van der Waals surface area contributed by atoms with E-state index in [1.165, 1.54) is 5.56 Å². The van der Waals surface area contributed by atoms with E-state index in [1.807, 2.05) is 30.3 Å². The maximum absolute atomic E-state index is 11.9. The molecule has 6 nitrogen and oxygen atoms in total. The fourth-order valence-electron chi connectivity index (χ4n) is 3.69. The molecule has 1 aliphatic rings. The Balaban J connectivity index is 1.78. The predicted molar refractivity (Wildman–Crippen MR) is 120 cm³/mol. The number of carbonyl (C=O) groups excluding carboxylic acids is 1. The van der Waals surface area contributed by atoms with Crippen LogP contribution in [0.4, 0.5) is 0 Å². The van der Waals surface area contributed by atoms with Crippen LogP contribution in [0.3, 0.4) is 0 Å². The van der Waals surface area contributed by atoms with Crippen LogP contribution in [0.25, 0.3) is 11.1 Å². The average molecular weight is 423 g/mol. The zero-order chi connectivity index (χ0) is 22.1. The molecule has 31 heavy (non-hydrogen) atoms. The lowest BCUT2D eigenvalue weighted by Gasteiger charge is -2.31. The highest BCUT2D eigenvalue weighted by Crippen LogP contribution is 2.27. The molecule has 1 aliphatic heterocycles. The van der Waals surface area contributed by atoms with Crippen molar-refractivity contribution in [2.45, 2.75) is 31.6 Å². The number of hydrogen-bond donors (Lipinski definition) is 3. The second-order valence-corrected chi connectivity index (χ2v) is 7.75. The molecule has 2 aromatic carbocycles. The van der Waals surface area contributed by atoms with E-state index < -0.39 is 18.6 Å². The summed E-state index contributed by atoms with van der Waals surface area (Å²) in [6.45, 7) is 2.35. The molecule has 6 heteroatoms. The standard InChI is InChI=1S/C25H30N2O4/c1-31-23-11-13-27(14-12-23)17-21-15-19(8-10-25(30)26-16-22(29)18-28)7-9-24(21)20-5-3-2-4-6-20/h2-7,9,15,22-23,28-29H,11-14,16-18H2,1H3,(H,26,30)/t22-/m0/s1. The van der Waals surface area contributed by atoms with E-state index in [4.69, 9.17) is 9.84 Å². The molecule has 0 spiro atoms. The first kappa shape index (κ1) is 23.0. The van der Waals surface area contributed by atoms with Gasteiger partial charge >= 0.3 is 0 Å². The summed E-state index contributed by atoms with van der Waals surface area (Å²) in [4.78, 5) is 14.3. The van der Waals surface area contributed by atoms with Gasteiger partial charge in [0.15, 0.2) is 0 Å². The summed E-state index contributed by atoms with van der Waals surface area (Å²) in [6.07, 6.45) is 1.40. The van der Waals surface area contributed by atoms with E-state index in [2.05, 4.69) is 40.3 Å². The van der Waals surface area contributed by atoms with E-state index >= 15 is 0 Å². The van der Waals surface area contributed by atoms with Crippen LogP contribution in [0, 0.1) is 11.8 Å². The molecule has 0 unspecified atom stereocenters. The van der Waals surface area contributed by atoms with Gasteiger partial charge in [-0.25, -0.2) is 0 Å². The van der Waals surface area contributed by atoms with Crippen molar-refractivity contribution >= 4 is 5.91 Å². The van der Waals surface area contributed by atoms with Gasteiger partial charge in [-0.3, -0.25) is 9.69 Å². The van der Waals surface area contributed by atoms with Gasteiger partial charge < -0.3 is 20.3 Å². The molecule has 1 heterocycles. The predicted octanol–water partition coefficient (Wildman–Crippen LogP) is 1.79. The highest BCUT2D eigenvalue weighted by molar-refractivity contribution is 5.94. The van der Waals surface area contributed by atoms with E-state index in [0.717, 1.165) is 49.2 Å². The Morgan fingerprint density at radius 1 is 1.23 bits per heavy atom. The fraction of sp³-hybridized carbons (Fsp3) is 0.400. The number of nitrogens with one attached hydrogen (secondary N) is 1. The van der Waals surface area contributed by atoms with E-state index in [-0.39, 0.29) is 6.54 Å². The number of likely N-dealkylation sites (tertiary alicyclic amines) is 1. The molecular weight excluding hydrogens is 392 g/mol. The molecule has 1 saturated heterocycles. The van der Waals surface area contributed by atoms with Crippen molar-refractivity contribution in [1.29, 1.82) is 0 Å². The highest BCUT2D eigenvalue weighted by Gasteiger charge is 2.19. The lowest BCUT2D eigenvalue weighted by molar-refractivity contribution is -0.116. The molecule has 2 aromatic rings. The molecular formula is C25H30N2O4. The summed E-state index contributed by atoms with van der Waals surface area (Å²) >= 11 is 0. The Labute approximate surface area is 183 Å². The van der Waals surface area contributed by atoms with Gasteiger partial charge in [0.2, 0.25) is 0 Å². The summed E-state index contributed by atoms with van der Waals surface area (Å²) in [6, 6.07) is 16.3. The van der Waals surface area contributed by atoms with E-state index in [9.17, 15) is 9.90 Å². The van der Waals surface area contributed by atoms with Crippen molar-refractivity contribution in [2.75, 3.05) is 33.4 Å². The van der Waals surface area contributed by atoms with Crippen molar-refractivity contribution in [1.82, 2.24) is 10.2 Å². The number of rotatable bonds is 7. The topological polar surface area (TPSA) is 82.0 Å². The van der Waals surface area contributed by atoms with Crippen molar-refractivity contribution in [3.05, 3.63) is 59.7 Å². The summed E-state index contributed by atoms with van der Waals surface area (Å²) in [5.41, 5.74) is 4.25. The van der Waals surface area contributed by atoms with Gasteiger partial charge in [-0.05, 0) is 41.7 Å². The molecule has 164 valence electrons. The molecule has 0 bridgehead atoms. The van der Waals surface area contributed by atoms with Gasteiger partial charge in [-0.2, -0.15) is 0 Å². The molecule has 0 saturated carbocycles. The average Bonchev–Trinajstić information content (AvgIpc) is 2.82. The molecule has 1 amide bonds. The number of ether oxygens (including phenoxy) is 1. The van der Waals surface area contributed by atoms with E-state index in [1.54, 1.807) is 7.11 Å². The van der Waals surface area contributed by atoms with Crippen LogP contribution in [0.2, 0.25) is 0 Å². The maximum Gasteiger partial charge on any atom is 0.296 e. The number of methoxy groups -OCH3 is 1. The number of benzene rings is 2. The van der Waals surface area contributed by atoms with Crippen LogP contribution in [-0.4, -0.2) is 66.6 Å². The maximum atomic E-state index is 11.9. The summed E-state index contributed by atoms with van der Waals surface area (Å²) in [5.74, 6) is 4.99. The number of nitrogens with zero attached hydrogens (tertiary/aromatic N) is 1. The summed E-state index contributed by atoms with van der Waals surface area (Å²) < 4.78 is 5.49. The van der Waals surface area contributed by atoms with Gasteiger partial charge in [0.05, 0.1) is 18.8 Å². The minimum Gasteiger partial charge on any atom is -0.394 e. The van der Waals surface area contributed by atoms with Gasteiger partial charge in [0.1, 0.15) is 0 Å². The Morgan fingerprint density at radius 3 is 2.65 bits per heavy atom. The third-order valence-electron chi connectivity index (χ3n) is 5.48. The van der Waals surface area contributed by atoms with Crippen LogP contribution in [0.15, 0.2) is 48.5 Å². The largest absolute Gasteiger partial charge is 0.394 e. The highest BCUT2D eigenvalue weighted by atomic mass is 16.5. The smallest absolute Gasteiger partial charge is 0.296 e. The first-order chi connectivity index (χ1) is 15.1. The molecule has 1 atom stereocenters. The molecule has 3 N–H and O–H groups in total. The number of amides is 1. The molecule has 0 radical (unpaired) electrons. The SMILES string of the molecule is COC1CCN(Cc2cc(C#CC(=O)NC[C@H](O)CO)ccc2-c2ccccc2)CC1. The number of piperidine rings is 1. The zero-order valence-electron chi connectivity index (χ0n) is 17.9. The van der Waals surface area contributed by atoms with Gasteiger partial charge in [0, 0.05) is 44.8 Å². The second-order valence-electron chi connectivity index (χ2n) is 7.75. The third kappa shape index (κ3) is 6.91. The van der Waals surface area contributed by atoms with Gasteiger partial charge in [-0.15, -0.1) is 0 Å². The molecule has 3 rings (SSSR count). The van der Waals surface area contributed by atoms with Crippen LogP contribution < -0.4 is 5.32 Å². The second kappa shape index (κ2) is 11.6. The van der Waals surface area contributed by atoms with Gasteiger partial charge in [0.25, 0.3) is 5.91 Å². The lowest BCUT2D eigenvalue weighted by Crippen LogP contribution is -2.36. The van der Waals surface area contributed by atoms with Crippen LogP contribution in [0.1, 0.15) is 24.0 Å². The number of hydrogen-bond acceptors (Lipinski definition) is 5. The lowest BCUT2D eigenvalue weighted by atomic mass is 9.96. The zero-order valence-corrected chi connectivity index (χ0v) is 17.9.